The van der Waals surface area contributed by atoms with Gasteiger partial charge in [0.05, 0.1) is 0 Å². The lowest BCUT2D eigenvalue weighted by atomic mass is 16.0. The van der Waals surface area contributed by atoms with Crippen molar-refractivity contribution in [1.82, 2.24) is 0 Å². The van der Waals surface area contributed by atoms with E-state index in [2.05, 4.69) is 0 Å². The predicted octanol–water partition coefficient (Wildman–Crippen LogP) is -3.15. The van der Waals surface area contributed by atoms with Crippen molar-refractivity contribution in [1.29, 1.82) is 0 Å². The number of hydrogen-bond donors (Lipinski definition) is 0. The third kappa shape index (κ3) is 3.73. The lowest BCUT2D eigenvalue weighted by Gasteiger charge is -0.816. The lowest BCUT2D eigenvalue weighted by molar-refractivity contribution is 0.823. The first kappa shape index (κ1) is 38.4. The molecule has 4 heterocycles. The summed E-state index contributed by atoms with van der Waals surface area (Å²) in [6.07, 6.45) is 4.30. The zero-order valence-corrected chi connectivity index (χ0v) is 9.37. The SMILES string of the molecule is O.O.O.O.O.O.O.O.p12p3p1p23. The van der Waals surface area contributed by atoms with Gasteiger partial charge in [0.15, 0.2) is 0 Å². The molecule has 16 N–H and O–H groups in total. The van der Waals surface area contributed by atoms with Gasteiger partial charge in [0.1, 0.15) is 0 Å². The number of hydrogen-bond acceptors (Lipinski definition) is 0. The van der Waals surface area contributed by atoms with E-state index in [0.29, 0.717) is 0 Å². The maximum atomic E-state index is 1.07. The molecule has 0 spiro atoms. The van der Waals surface area contributed by atoms with Gasteiger partial charge in [-0.15, -0.1) is 0 Å². The van der Waals surface area contributed by atoms with E-state index >= 15 is 0 Å². The van der Waals surface area contributed by atoms with Gasteiger partial charge in [0.2, 0.25) is 0 Å². The highest BCUT2D eigenvalue weighted by atomic mass is 33.4. The summed E-state index contributed by atoms with van der Waals surface area (Å²) in [5, 5.41) is 0. The summed E-state index contributed by atoms with van der Waals surface area (Å²) in [6.45, 7) is 0. The molecule has 0 aromatic carbocycles. The molecule has 0 bridgehead atoms. The lowest BCUT2D eigenvalue weighted by Crippen LogP contribution is -0.290. The monoisotopic (exact) mass is 268 g/mol. The van der Waals surface area contributed by atoms with Crippen LogP contribution in [0.1, 0.15) is 0 Å². The van der Waals surface area contributed by atoms with Gasteiger partial charge in [-0.1, -0.05) is 0 Å². The van der Waals surface area contributed by atoms with E-state index < -0.39 is 0 Å². The van der Waals surface area contributed by atoms with Crippen LogP contribution in [0.4, 0.5) is 0 Å². The quantitative estimate of drug-likeness (QED) is 0.391. The second-order valence-corrected chi connectivity index (χ2v) is 29.0. The normalized spacial score (nSPS) is 12.0. The Balaban J connectivity index is -0.0000000112. The van der Waals surface area contributed by atoms with Crippen LogP contribution in [0.3, 0.4) is 0 Å². The maximum absolute atomic E-state index is 1.07. The minimum Gasteiger partial charge on any atom is -0.412 e. The molecule has 0 aliphatic carbocycles. The van der Waals surface area contributed by atoms with Gasteiger partial charge in [0, 0.05) is 25.5 Å². The molecule has 0 atom stereocenters. The van der Waals surface area contributed by atoms with Crippen LogP contribution in [0.15, 0.2) is 0 Å². The molecule has 12 heteroatoms. The molecule has 4 aromatic heterocycles. The van der Waals surface area contributed by atoms with E-state index in [1.54, 1.807) is 0 Å². The highest BCUT2D eigenvalue weighted by molar-refractivity contribution is 9.37. The molecule has 0 unspecified atom stereocenters. The summed E-state index contributed by atoms with van der Waals surface area (Å²) in [7, 11) is 0. The highest BCUT2D eigenvalue weighted by Gasteiger charge is 2.45. The van der Waals surface area contributed by atoms with Crippen molar-refractivity contribution in [3.63, 3.8) is 0 Å². The fraction of sp³-hybridized carbons (Fsp3) is 0. The molecular formula is H16O8P4. The van der Waals surface area contributed by atoms with Crippen LogP contribution in [0.5, 0.6) is 0 Å². The Morgan fingerprint density at radius 3 is 0.333 bits per heavy atom. The molecule has 0 fully saturated rings. The molecule has 84 valence electrons. The fourth-order valence-corrected chi connectivity index (χ4v) is 61.9. The topological polar surface area (TPSA) is 252 Å². The van der Waals surface area contributed by atoms with Crippen molar-refractivity contribution in [2.45, 2.75) is 0 Å². The van der Waals surface area contributed by atoms with Crippen LogP contribution in [0.2, 0.25) is 0 Å². The standard InChI is InChI=1S/8H2O.P4/c;;;;;;;;1-2-3(1)4(1)2/h8*1H2;. The van der Waals surface area contributed by atoms with Gasteiger partial charge in [-0.25, -0.2) is 0 Å². The Bertz CT molecular complexity index is 165. The van der Waals surface area contributed by atoms with E-state index in [9.17, 15) is 0 Å². The van der Waals surface area contributed by atoms with Crippen molar-refractivity contribution >= 4 is 25.5 Å². The van der Waals surface area contributed by atoms with Gasteiger partial charge in [-0.2, -0.15) is 0 Å². The van der Waals surface area contributed by atoms with Crippen molar-refractivity contribution in [2.24, 2.45) is 0 Å². The summed E-state index contributed by atoms with van der Waals surface area (Å²) in [4.78, 5) is 0. The minimum absolute atomic E-state index is 0. The zero-order chi connectivity index (χ0) is 2.31. The van der Waals surface area contributed by atoms with Crippen LogP contribution in [-0.2, 0) is 0 Å². The number of rotatable bonds is 0. The molecule has 0 amide bonds. The van der Waals surface area contributed by atoms with E-state index in [-0.39, 0.29) is 43.8 Å². The Morgan fingerprint density at radius 1 is 0.250 bits per heavy atom. The Kier molecular flexibility index (Phi) is 27.1. The van der Waals surface area contributed by atoms with Crippen molar-refractivity contribution < 1.29 is 43.8 Å². The molecule has 0 radical (unpaired) electrons. The van der Waals surface area contributed by atoms with Crippen LogP contribution < -0.4 is 0 Å². The second-order valence-electron chi connectivity index (χ2n) is 1.07. The van der Waals surface area contributed by atoms with Crippen LogP contribution in [0.25, 0.3) is 0 Å². The molecule has 0 saturated heterocycles. The van der Waals surface area contributed by atoms with Gasteiger partial charge >= 0.3 is 0 Å². The molecular weight excluding hydrogens is 252 g/mol. The smallest absolute Gasteiger partial charge is 0 e. The Labute approximate surface area is 70.1 Å². The summed E-state index contributed by atoms with van der Waals surface area (Å²) in [5.41, 5.74) is 0. The Morgan fingerprint density at radius 2 is 0.333 bits per heavy atom. The predicted molar refractivity (Wildman–Crippen MR) is 56.6 cm³/mol. The Hall–Kier alpha value is 0.880. The summed E-state index contributed by atoms with van der Waals surface area (Å²) in [6, 6.07) is 0. The zero-order valence-electron chi connectivity index (χ0n) is 5.79. The summed E-state index contributed by atoms with van der Waals surface area (Å²) in [5.74, 6) is 0. The third-order valence-corrected chi connectivity index (χ3v) is 48.5. The van der Waals surface area contributed by atoms with Gasteiger partial charge < -0.3 is 43.8 Å². The molecule has 0 aliphatic rings. The highest BCUT2D eigenvalue weighted by Crippen LogP contribution is 3.31. The van der Waals surface area contributed by atoms with E-state index in [0.717, 1.165) is 25.5 Å². The molecule has 8 nitrogen and oxygen atoms in total. The minimum atomic E-state index is 0. The van der Waals surface area contributed by atoms with E-state index in [1.165, 1.54) is 0 Å². The largest absolute Gasteiger partial charge is 0.412 e. The average Bonchev–Trinajstić information content (AvgIpc) is 1.71. The molecule has 4 aromatic rings. The average molecular weight is 268 g/mol. The molecule has 0 saturated carbocycles. The van der Waals surface area contributed by atoms with Crippen molar-refractivity contribution in [3.8, 4) is 0 Å². The van der Waals surface area contributed by atoms with Crippen molar-refractivity contribution in [2.75, 3.05) is 0 Å². The van der Waals surface area contributed by atoms with Crippen LogP contribution in [0, 0.1) is 0 Å². The van der Waals surface area contributed by atoms with E-state index in [1.807, 2.05) is 0 Å². The first-order valence-electron chi connectivity index (χ1n) is 1.20. The molecule has 12 heavy (non-hydrogen) atoms. The van der Waals surface area contributed by atoms with Crippen LogP contribution >= 0.6 is 25.5 Å². The first-order chi connectivity index (χ1) is 2.00. The summed E-state index contributed by atoms with van der Waals surface area (Å²) < 4.78 is 0. The summed E-state index contributed by atoms with van der Waals surface area (Å²) >= 11 is 0. The first-order valence-corrected chi connectivity index (χ1v) is 10.8. The van der Waals surface area contributed by atoms with Gasteiger partial charge in [0.25, 0.3) is 0 Å². The molecule has 4 rings (SSSR count). The van der Waals surface area contributed by atoms with Gasteiger partial charge in [-0.3, -0.25) is 0 Å². The van der Waals surface area contributed by atoms with E-state index in [4.69, 9.17) is 0 Å². The fourth-order valence-electron chi connectivity index (χ4n) is 0.335. The van der Waals surface area contributed by atoms with Crippen molar-refractivity contribution in [3.05, 3.63) is 0 Å². The van der Waals surface area contributed by atoms with Gasteiger partial charge in [-0.05, 0) is 0 Å². The maximum Gasteiger partial charge on any atom is 0 e. The van der Waals surface area contributed by atoms with Crippen LogP contribution in [-0.4, -0.2) is 43.8 Å². The molecule has 0 aliphatic heterocycles. The third-order valence-electron chi connectivity index (χ3n) is 0.838. The second kappa shape index (κ2) is 8.48.